The molecule has 0 aliphatic rings. The van der Waals surface area contributed by atoms with Crippen molar-refractivity contribution in [1.82, 2.24) is 0 Å². The van der Waals surface area contributed by atoms with Crippen LogP contribution in [-0.2, 0) is 0 Å². The molecule has 0 spiro atoms. The van der Waals surface area contributed by atoms with Crippen LogP contribution in [0.3, 0.4) is 0 Å². The number of phenols is 1. The summed E-state index contributed by atoms with van der Waals surface area (Å²) in [6, 6.07) is 10.0. The zero-order valence-corrected chi connectivity index (χ0v) is 10.4. The summed E-state index contributed by atoms with van der Waals surface area (Å²) in [6.07, 6.45) is 0. The Kier molecular flexibility index (Phi) is 3.06. The highest BCUT2D eigenvalue weighted by molar-refractivity contribution is 6.10. The molecule has 0 atom stereocenters. The third-order valence-corrected chi connectivity index (χ3v) is 3.18. The monoisotopic (exact) mass is 241 g/mol. The van der Waals surface area contributed by atoms with E-state index in [0.29, 0.717) is 16.8 Å². The molecule has 3 nitrogen and oxygen atoms in total. The summed E-state index contributed by atoms with van der Waals surface area (Å²) in [6.45, 7) is 3.63. The first-order chi connectivity index (χ1) is 8.50. The molecule has 3 heteroatoms. The molecule has 2 rings (SSSR count). The molecule has 0 amide bonds. The Bertz CT molecular complexity index is 601. The van der Waals surface area contributed by atoms with Gasteiger partial charge >= 0.3 is 0 Å². The minimum Gasteiger partial charge on any atom is -0.508 e. The Labute approximate surface area is 106 Å². The van der Waals surface area contributed by atoms with Gasteiger partial charge in [0.05, 0.1) is 0 Å². The first kappa shape index (κ1) is 12.2. The Morgan fingerprint density at radius 1 is 1.00 bits per heavy atom. The van der Waals surface area contributed by atoms with Crippen LogP contribution in [0.15, 0.2) is 36.4 Å². The molecule has 0 aliphatic heterocycles. The fourth-order valence-corrected chi connectivity index (χ4v) is 1.84. The minimum atomic E-state index is -0.0596. The van der Waals surface area contributed by atoms with Crippen molar-refractivity contribution in [2.24, 2.45) is 0 Å². The Hall–Kier alpha value is -2.29. The minimum absolute atomic E-state index is 0.0596. The van der Waals surface area contributed by atoms with E-state index in [-0.39, 0.29) is 11.5 Å². The fourth-order valence-electron chi connectivity index (χ4n) is 1.84. The molecule has 0 bridgehead atoms. The average molecular weight is 241 g/mol. The van der Waals surface area contributed by atoms with E-state index in [1.165, 1.54) is 0 Å². The van der Waals surface area contributed by atoms with Crippen molar-refractivity contribution in [3.8, 4) is 5.75 Å². The lowest BCUT2D eigenvalue weighted by Gasteiger charge is -2.09. The molecule has 2 aromatic rings. The average Bonchev–Trinajstić information content (AvgIpc) is 2.36. The lowest BCUT2D eigenvalue weighted by molar-refractivity contribution is 0.103. The number of ketones is 1. The first-order valence-electron chi connectivity index (χ1n) is 5.70. The van der Waals surface area contributed by atoms with Gasteiger partial charge in [-0.25, -0.2) is 0 Å². The van der Waals surface area contributed by atoms with Gasteiger partial charge in [0.15, 0.2) is 5.78 Å². The second kappa shape index (κ2) is 4.53. The topological polar surface area (TPSA) is 63.3 Å². The molecule has 0 fully saturated rings. The Balaban J connectivity index is 2.46. The maximum atomic E-state index is 12.3. The highest BCUT2D eigenvalue weighted by Crippen LogP contribution is 2.24. The third-order valence-electron chi connectivity index (χ3n) is 3.18. The summed E-state index contributed by atoms with van der Waals surface area (Å²) >= 11 is 0. The highest BCUT2D eigenvalue weighted by Gasteiger charge is 2.14. The van der Waals surface area contributed by atoms with Gasteiger partial charge in [0, 0.05) is 16.8 Å². The number of rotatable bonds is 2. The van der Waals surface area contributed by atoms with Gasteiger partial charge in [-0.1, -0.05) is 0 Å². The van der Waals surface area contributed by atoms with Gasteiger partial charge < -0.3 is 10.8 Å². The van der Waals surface area contributed by atoms with E-state index in [9.17, 15) is 9.90 Å². The van der Waals surface area contributed by atoms with E-state index in [2.05, 4.69) is 0 Å². The van der Waals surface area contributed by atoms with Crippen molar-refractivity contribution in [1.29, 1.82) is 0 Å². The number of hydrogen-bond acceptors (Lipinski definition) is 3. The number of aromatic hydroxyl groups is 1. The van der Waals surface area contributed by atoms with Crippen LogP contribution in [0.5, 0.6) is 5.75 Å². The largest absolute Gasteiger partial charge is 0.508 e. The molecule has 3 N–H and O–H groups in total. The SMILES string of the molecule is Cc1c(O)ccc(C(=O)c2ccc(N)cc2)c1C. The Morgan fingerprint density at radius 2 is 1.61 bits per heavy atom. The molecule has 0 saturated heterocycles. The molecule has 0 aromatic heterocycles. The van der Waals surface area contributed by atoms with Gasteiger partial charge in [0.2, 0.25) is 0 Å². The summed E-state index contributed by atoms with van der Waals surface area (Å²) in [5, 5.41) is 9.59. The third kappa shape index (κ3) is 2.07. The quantitative estimate of drug-likeness (QED) is 0.627. The number of nitrogens with two attached hydrogens (primary N) is 1. The van der Waals surface area contributed by atoms with Gasteiger partial charge in [0.25, 0.3) is 0 Å². The van der Waals surface area contributed by atoms with Crippen LogP contribution >= 0.6 is 0 Å². The van der Waals surface area contributed by atoms with Crippen LogP contribution in [-0.4, -0.2) is 10.9 Å². The van der Waals surface area contributed by atoms with Crippen molar-refractivity contribution in [2.45, 2.75) is 13.8 Å². The molecule has 18 heavy (non-hydrogen) atoms. The van der Waals surface area contributed by atoms with Gasteiger partial charge in [-0.3, -0.25) is 4.79 Å². The second-order valence-electron chi connectivity index (χ2n) is 4.33. The first-order valence-corrected chi connectivity index (χ1v) is 5.70. The van der Waals surface area contributed by atoms with E-state index in [0.717, 1.165) is 11.1 Å². The van der Waals surface area contributed by atoms with Crippen LogP contribution in [0.4, 0.5) is 5.69 Å². The molecular weight excluding hydrogens is 226 g/mol. The Morgan fingerprint density at radius 3 is 2.22 bits per heavy atom. The van der Waals surface area contributed by atoms with E-state index < -0.39 is 0 Å². The number of nitrogen functional groups attached to an aromatic ring is 1. The molecule has 0 aliphatic carbocycles. The fraction of sp³-hybridized carbons (Fsp3) is 0.133. The molecule has 92 valence electrons. The van der Waals surface area contributed by atoms with Gasteiger partial charge in [-0.2, -0.15) is 0 Å². The maximum Gasteiger partial charge on any atom is 0.193 e. The van der Waals surface area contributed by atoms with Crippen molar-refractivity contribution < 1.29 is 9.90 Å². The maximum absolute atomic E-state index is 12.3. The van der Waals surface area contributed by atoms with E-state index in [1.54, 1.807) is 43.3 Å². The number of carbonyl (C=O) groups is 1. The van der Waals surface area contributed by atoms with E-state index in [4.69, 9.17) is 5.73 Å². The molecule has 0 saturated carbocycles. The van der Waals surface area contributed by atoms with Gasteiger partial charge in [0.1, 0.15) is 5.75 Å². The number of phenolic OH excluding ortho intramolecular Hbond substituents is 1. The standard InChI is InChI=1S/C15H15NO2/c1-9-10(2)14(17)8-7-13(9)15(18)11-3-5-12(16)6-4-11/h3-8,17H,16H2,1-2H3. The zero-order chi connectivity index (χ0) is 13.3. The summed E-state index contributed by atoms with van der Waals surface area (Å²) < 4.78 is 0. The van der Waals surface area contributed by atoms with E-state index >= 15 is 0 Å². The summed E-state index contributed by atoms with van der Waals surface area (Å²) in [5.74, 6) is 0.150. The summed E-state index contributed by atoms with van der Waals surface area (Å²) in [5.41, 5.74) is 8.96. The smallest absolute Gasteiger partial charge is 0.193 e. The predicted molar refractivity (Wildman–Crippen MR) is 71.9 cm³/mol. The number of anilines is 1. The van der Waals surface area contributed by atoms with Crippen molar-refractivity contribution in [2.75, 3.05) is 5.73 Å². The molecular formula is C15H15NO2. The van der Waals surface area contributed by atoms with Crippen LogP contribution in [0.25, 0.3) is 0 Å². The van der Waals surface area contributed by atoms with Crippen LogP contribution in [0.1, 0.15) is 27.0 Å². The number of hydrogen-bond donors (Lipinski definition) is 2. The van der Waals surface area contributed by atoms with Gasteiger partial charge in [-0.15, -0.1) is 0 Å². The molecule has 2 aromatic carbocycles. The predicted octanol–water partition coefficient (Wildman–Crippen LogP) is 2.82. The van der Waals surface area contributed by atoms with Crippen molar-refractivity contribution in [3.05, 3.63) is 58.7 Å². The second-order valence-corrected chi connectivity index (χ2v) is 4.33. The lowest BCUT2D eigenvalue weighted by Crippen LogP contribution is -2.05. The van der Waals surface area contributed by atoms with Crippen LogP contribution in [0.2, 0.25) is 0 Å². The molecule has 0 heterocycles. The molecule has 0 unspecified atom stereocenters. The van der Waals surface area contributed by atoms with Crippen LogP contribution in [0, 0.1) is 13.8 Å². The number of benzene rings is 2. The zero-order valence-electron chi connectivity index (χ0n) is 10.4. The lowest BCUT2D eigenvalue weighted by atomic mass is 9.95. The normalized spacial score (nSPS) is 10.3. The van der Waals surface area contributed by atoms with Crippen LogP contribution < -0.4 is 5.73 Å². The summed E-state index contributed by atoms with van der Waals surface area (Å²) in [7, 11) is 0. The van der Waals surface area contributed by atoms with Gasteiger partial charge in [-0.05, 0) is 61.4 Å². The van der Waals surface area contributed by atoms with Crippen molar-refractivity contribution in [3.63, 3.8) is 0 Å². The highest BCUT2D eigenvalue weighted by atomic mass is 16.3. The van der Waals surface area contributed by atoms with Crippen molar-refractivity contribution >= 4 is 11.5 Å². The van der Waals surface area contributed by atoms with E-state index in [1.807, 2.05) is 6.92 Å². The number of carbonyl (C=O) groups excluding carboxylic acids is 1. The molecule has 0 radical (unpaired) electrons. The summed E-state index contributed by atoms with van der Waals surface area (Å²) in [4.78, 5) is 12.3.